The summed E-state index contributed by atoms with van der Waals surface area (Å²) in [5, 5.41) is 1.09. The minimum absolute atomic E-state index is 0.720. The zero-order valence-electron chi connectivity index (χ0n) is 11.6. The van der Waals surface area contributed by atoms with Crippen LogP contribution in [0.2, 0.25) is 0 Å². The van der Waals surface area contributed by atoms with E-state index >= 15 is 0 Å². The van der Waals surface area contributed by atoms with Crippen molar-refractivity contribution in [2.24, 2.45) is 0 Å². The lowest BCUT2D eigenvalue weighted by Crippen LogP contribution is -2.16. The second-order valence-corrected chi connectivity index (χ2v) is 4.98. The van der Waals surface area contributed by atoms with E-state index in [1.807, 2.05) is 50.4 Å². The third-order valence-corrected chi connectivity index (χ3v) is 3.34. The summed E-state index contributed by atoms with van der Waals surface area (Å²) in [7, 11) is 2.04. The van der Waals surface area contributed by atoms with Gasteiger partial charge in [-0.15, -0.1) is 0 Å². The van der Waals surface area contributed by atoms with Crippen molar-refractivity contribution >= 4 is 22.3 Å². The minimum Gasteiger partial charge on any atom is -0.464 e. The molecule has 2 heterocycles. The van der Waals surface area contributed by atoms with Gasteiger partial charge in [-0.2, -0.15) is 0 Å². The Morgan fingerprint density at radius 2 is 2.05 bits per heavy atom. The van der Waals surface area contributed by atoms with Crippen LogP contribution in [0.1, 0.15) is 11.5 Å². The first-order chi connectivity index (χ1) is 9.63. The van der Waals surface area contributed by atoms with Gasteiger partial charge in [-0.3, -0.25) is 4.98 Å². The van der Waals surface area contributed by atoms with E-state index in [1.54, 1.807) is 6.20 Å². The number of nitrogens with zero attached hydrogens (tertiary/aromatic N) is 2. The summed E-state index contributed by atoms with van der Waals surface area (Å²) in [5.41, 5.74) is 8.56. The summed E-state index contributed by atoms with van der Waals surface area (Å²) in [4.78, 5) is 6.52. The standard InChI is InChI=1S/C16H17N3O/c1-11-3-5-13(20-11)10-19(2)16-7-8-18-15-9-12(17)4-6-14(15)16/h3-9H,10,17H2,1-2H3. The summed E-state index contributed by atoms with van der Waals surface area (Å²) < 4.78 is 5.63. The fraction of sp³-hybridized carbons (Fsp3) is 0.188. The van der Waals surface area contributed by atoms with Crippen LogP contribution in [0.4, 0.5) is 11.4 Å². The van der Waals surface area contributed by atoms with Gasteiger partial charge in [0.2, 0.25) is 0 Å². The number of anilines is 2. The Hall–Kier alpha value is -2.49. The van der Waals surface area contributed by atoms with Crippen molar-refractivity contribution in [1.82, 2.24) is 4.98 Å². The van der Waals surface area contributed by atoms with Crippen molar-refractivity contribution in [3.63, 3.8) is 0 Å². The molecule has 4 nitrogen and oxygen atoms in total. The zero-order chi connectivity index (χ0) is 14.1. The predicted molar refractivity (Wildman–Crippen MR) is 81.7 cm³/mol. The second kappa shape index (κ2) is 4.89. The summed E-state index contributed by atoms with van der Waals surface area (Å²) in [6.45, 7) is 2.67. The Labute approximate surface area is 117 Å². The van der Waals surface area contributed by atoms with Crippen LogP contribution >= 0.6 is 0 Å². The molecule has 0 bridgehead atoms. The Morgan fingerprint density at radius 3 is 2.80 bits per heavy atom. The maximum atomic E-state index is 5.81. The average Bonchev–Trinajstić information content (AvgIpc) is 2.83. The summed E-state index contributed by atoms with van der Waals surface area (Å²) in [6.07, 6.45) is 1.81. The lowest BCUT2D eigenvalue weighted by molar-refractivity contribution is 0.482. The predicted octanol–water partition coefficient (Wildman–Crippen LogP) is 3.35. The molecule has 2 N–H and O–H groups in total. The van der Waals surface area contributed by atoms with Crippen molar-refractivity contribution in [1.29, 1.82) is 0 Å². The van der Waals surface area contributed by atoms with Gasteiger partial charge in [-0.05, 0) is 43.3 Å². The Kier molecular flexibility index (Phi) is 3.06. The van der Waals surface area contributed by atoms with Gasteiger partial charge in [0.1, 0.15) is 11.5 Å². The van der Waals surface area contributed by atoms with E-state index in [0.717, 1.165) is 40.3 Å². The summed E-state index contributed by atoms with van der Waals surface area (Å²) >= 11 is 0. The molecule has 3 aromatic rings. The van der Waals surface area contributed by atoms with Crippen molar-refractivity contribution < 1.29 is 4.42 Å². The highest BCUT2D eigenvalue weighted by molar-refractivity contribution is 5.93. The molecule has 0 aliphatic rings. The zero-order valence-corrected chi connectivity index (χ0v) is 11.6. The third-order valence-electron chi connectivity index (χ3n) is 3.34. The number of fused-ring (bicyclic) bond motifs is 1. The first-order valence-electron chi connectivity index (χ1n) is 6.54. The molecular formula is C16H17N3O. The fourth-order valence-electron chi connectivity index (χ4n) is 2.37. The van der Waals surface area contributed by atoms with Crippen molar-refractivity contribution in [3.8, 4) is 0 Å². The maximum absolute atomic E-state index is 5.81. The highest BCUT2D eigenvalue weighted by Gasteiger charge is 2.09. The van der Waals surface area contributed by atoms with E-state index in [4.69, 9.17) is 10.2 Å². The number of pyridine rings is 1. The molecule has 0 radical (unpaired) electrons. The topological polar surface area (TPSA) is 55.3 Å². The van der Waals surface area contributed by atoms with Crippen LogP contribution in [0, 0.1) is 6.92 Å². The van der Waals surface area contributed by atoms with Gasteiger partial charge >= 0.3 is 0 Å². The van der Waals surface area contributed by atoms with Gasteiger partial charge in [0.25, 0.3) is 0 Å². The van der Waals surface area contributed by atoms with Crippen LogP contribution in [0.5, 0.6) is 0 Å². The van der Waals surface area contributed by atoms with Crippen LogP contribution in [0.25, 0.3) is 10.9 Å². The highest BCUT2D eigenvalue weighted by Crippen LogP contribution is 2.27. The smallest absolute Gasteiger partial charge is 0.123 e. The monoisotopic (exact) mass is 267 g/mol. The highest BCUT2D eigenvalue weighted by atomic mass is 16.3. The number of hydrogen-bond acceptors (Lipinski definition) is 4. The van der Waals surface area contributed by atoms with Gasteiger partial charge in [-0.1, -0.05) is 0 Å². The largest absolute Gasteiger partial charge is 0.464 e. The van der Waals surface area contributed by atoms with E-state index in [0.29, 0.717) is 0 Å². The third kappa shape index (κ3) is 2.32. The van der Waals surface area contributed by atoms with Crippen LogP contribution in [-0.4, -0.2) is 12.0 Å². The molecule has 0 atom stereocenters. The summed E-state index contributed by atoms with van der Waals surface area (Å²) in [5.74, 6) is 1.88. The first kappa shape index (κ1) is 12.5. The number of aromatic nitrogens is 1. The van der Waals surface area contributed by atoms with Crippen LogP contribution < -0.4 is 10.6 Å². The van der Waals surface area contributed by atoms with E-state index in [2.05, 4.69) is 9.88 Å². The molecule has 0 saturated carbocycles. The minimum atomic E-state index is 0.720. The normalized spacial score (nSPS) is 10.9. The van der Waals surface area contributed by atoms with E-state index in [1.165, 1.54) is 0 Å². The molecule has 0 aliphatic carbocycles. The number of nitrogens with two attached hydrogens (primary N) is 1. The molecule has 0 spiro atoms. The SMILES string of the molecule is Cc1ccc(CN(C)c2ccnc3cc(N)ccc23)o1. The molecule has 0 amide bonds. The molecule has 3 rings (SSSR count). The Bertz CT molecular complexity index is 748. The van der Waals surface area contributed by atoms with E-state index in [9.17, 15) is 0 Å². The van der Waals surface area contributed by atoms with Gasteiger partial charge < -0.3 is 15.1 Å². The summed E-state index contributed by atoms with van der Waals surface area (Å²) in [6, 6.07) is 11.8. The van der Waals surface area contributed by atoms with E-state index < -0.39 is 0 Å². The fourth-order valence-corrected chi connectivity index (χ4v) is 2.37. The maximum Gasteiger partial charge on any atom is 0.123 e. The Morgan fingerprint density at radius 1 is 1.20 bits per heavy atom. The van der Waals surface area contributed by atoms with Gasteiger partial charge in [0.15, 0.2) is 0 Å². The molecule has 20 heavy (non-hydrogen) atoms. The molecule has 1 aromatic carbocycles. The van der Waals surface area contributed by atoms with Crippen molar-refractivity contribution in [2.75, 3.05) is 17.7 Å². The molecular weight excluding hydrogens is 250 g/mol. The van der Waals surface area contributed by atoms with Gasteiger partial charge in [0.05, 0.1) is 12.1 Å². The van der Waals surface area contributed by atoms with Crippen LogP contribution in [-0.2, 0) is 6.54 Å². The second-order valence-electron chi connectivity index (χ2n) is 4.98. The molecule has 0 fully saturated rings. The van der Waals surface area contributed by atoms with E-state index in [-0.39, 0.29) is 0 Å². The Balaban J connectivity index is 1.96. The number of benzene rings is 1. The van der Waals surface area contributed by atoms with Crippen LogP contribution in [0.3, 0.4) is 0 Å². The first-order valence-corrected chi connectivity index (χ1v) is 6.54. The van der Waals surface area contributed by atoms with Crippen molar-refractivity contribution in [3.05, 3.63) is 54.1 Å². The van der Waals surface area contributed by atoms with Crippen molar-refractivity contribution in [2.45, 2.75) is 13.5 Å². The molecule has 4 heteroatoms. The molecule has 0 aliphatic heterocycles. The number of nitrogen functional groups attached to an aromatic ring is 1. The lowest BCUT2D eigenvalue weighted by atomic mass is 10.1. The molecule has 102 valence electrons. The number of hydrogen-bond donors (Lipinski definition) is 1. The number of rotatable bonds is 3. The number of furan rings is 1. The molecule has 0 saturated heterocycles. The quantitative estimate of drug-likeness (QED) is 0.739. The average molecular weight is 267 g/mol. The van der Waals surface area contributed by atoms with Gasteiger partial charge in [-0.25, -0.2) is 0 Å². The molecule has 2 aromatic heterocycles. The molecule has 0 unspecified atom stereocenters. The van der Waals surface area contributed by atoms with Gasteiger partial charge in [0, 0.05) is 30.0 Å². The van der Waals surface area contributed by atoms with Crippen LogP contribution in [0.15, 0.2) is 47.0 Å². The lowest BCUT2D eigenvalue weighted by Gasteiger charge is -2.19. The number of aryl methyl sites for hydroxylation is 1.